The number of rotatable bonds is 3. The first-order chi connectivity index (χ1) is 5.77. The van der Waals surface area contributed by atoms with Gasteiger partial charge in [0.05, 0.1) is 0 Å². The van der Waals surface area contributed by atoms with Crippen LogP contribution >= 0.6 is 0 Å². The van der Waals surface area contributed by atoms with Crippen LogP contribution in [0.3, 0.4) is 0 Å². The molecule has 0 saturated carbocycles. The Balaban J connectivity index is 3.03. The molecule has 12 heavy (non-hydrogen) atoms. The second kappa shape index (κ2) is 3.82. The molecule has 0 aromatic heterocycles. The highest BCUT2D eigenvalue weighted by molar-refractivity contribution is 5.73. The number of carbonyl (C=O) groups is 1. The van der Waals surface area contributed by atoms with Gasteiger partial charge in [-0.25, -0.2) is 4.39 Å². The molecule has 1 aromatic rings. The molecule has 0 spiro atoms. The zero-order chi connectivity index (χ0) is 8.97. The summed E-state index contributed by atoms with van der Waals surface area (Å²) < 4.78 is 12.6. The van der Waals surface area contributed by atoms with Crippen molar-refractivity contribution < 1.29 is 9.18 Å². The molecule has 0 aliphatic heterocycles. The number of hydrogen-bond acceptors (Lipinski definition) is 2. The molecule has 0 fully saturated rings. The van der Waals surface area contributed by atoms with Crippen molar-refractivity contribution in [1.82, 2.24) is 0 Å². The van der Waals surface area contributed by atoms with E-state index in [2.05, 4.69) is 5.32 Å². The van der Waals surface area contributed by atoms with Crippen molar-refractivity contribution in [3.63, 3.8) is 0 Å². The molecule has 0 bridgehead atoms. The summed E-state index contributed by atoms with van der Waals surface area (Å²) in [5.74, 6) is -0.392. The van der Waals surface area contributed by atoms with E-state index in [0.29, 0.717) is 17.7 Å². The maximum atomic E-state index is 12.6. The minimum atomic E-state index is -0.392. The van der Waals surface area contributed by atoms with Crippen molar-refractivity contribution in [3.8, 4) is 0 Å². The standard InChI is InChI=1S/C8H9FN2O/c9-7-2-1-6(4-10)8(3-7)11-5-12/h1-3,5H,4,10H2,(H,11,12). The largest absolute Gasteiger partial charge is 0.328 e. The van der Waals surface area contributed by atoms with Crippen LogP contribution < -0.4 is 11.1 Å². The number of nitrogens with two attached hydrogens (primary N) is 1. The number of halogens is 1. The van der Waals surface area contributed by atoms with Crippen LogP contribution in [0.4, 0.5) is 10.1 Å². The van der Waals surface area contributed by atoms with Crippen LogP contribution in [0.25, 0.3) is 0 Å². The van der Waals surface area contributed by atoms with E-state index in [1.54, 1.807) is 6.07 Å². The maximum absolute atomic E-state index is 12.6. The highest BCUT2D eigenvalue weighted by Crippen LogP contribution is 2.15. The smallest absolute Gasteiger partial charge is 0.211 e. The topological polar surface area (TPSA) is 55.1 Å². The fourth-order valence-electron chi connectivity index (χ4n) is 0.925. The van der Waals surface area contributed by atoms with Gasteiger partial charge in [-0.3, -0.25) is 4.79 Å². The zero-order valence-electron chi connectivity index (χ0n) is 6.38. The lowest BCUT2D eigenvalue weighted by molar-refractivity contribution is -0.105. The molecular formula is C8H9FN2O. The van der Waals surface area contributed by atoms with Gasteiger partial charge in [0, 0.05) is 12.2 Å². The average Bonchev–Trinajstić information content (AvgIpc) is 2.05. The first kappa shape index (κ1) is 8.67. The van der Waals surface area contributed by atoms with Crippen molar-refractivity contribution in [1.29, 1.82) is 0 Å². The molecule has 1 aromatic carbocycles. The first-order valence-corrected chi connectivity index (χ1v) is 3.46. The van der Waals surface area contributed by atoms with Crippen molar-refractivity contribution in [2.45, 2.75) is 6.54 Å². The van der Waals surface area contributed by atoms with Crippen molar-refractivity contribution in [2.24, 2.45) is 5.73 Å². The molecule has 0 aliphatic rings. The Morgan fingerprint density at radius 3 is 2.92 bits per heavy atom. The van der Waals surface area contributed by atoms with Crippen LogP contribution in [0.1, 0.15) is 5.56 Å². The highest BCUT2D eigenvalue weighted by atomic mass is 19.1. The number of hydrogen-bond donors (Lipinski definition) is 2. The summed E-state index contributed by atoms with van der Waals surface area (Å²) in [6.45, 7) is 0.274. The van der Waals surface area contributed by atoms with E-state index in [0.717, 1.165) is 0 Å². The van der Waals surface area contributed by atoms with Crippen LogP contribution in [-0.2, 0) is 11.3 Å². The van der Waals surface area contributed by atoms with Crippen LogP contribution in [0.2, 0.25) is 0 Å². The van der Waals surface area contributed by atoms with Gasteiger partial charge in [0.2, 0.25) is 6.41 Å². The van der Waals surface area contributed by atoms with Crippen molar-refractivity contribution >= 4 is 12.1 Å². The fraction of sp³-hybridized carbons (Fsp3) is 0.125. The summed E-state index contributed by atoms with van der Waals surface area (Å²) in [6.07, 6.45) is 0.494. The summed E-state index contributed by atoms with van der Waals surface area (Å²) in [6, 6.07) is 4.08. The molecule has 1 rings (SSSR count). The van der Waals surface area contributed by atoms with Gasteiger partial charge >= 0.3 is 0 Å². The molecule has 0 atom stereocenters. The summed E-state index contributed by atoms with van der Waals surface area (Å²) in [5, 5.41) is 2.37. The van der Waals surface area contributed by atoms with Gasteiger partial charge in [-0.1, -0.05) is 6.07 Å². The number of amides is 1. The van der Waals surface area contributed by atoms with E-state index in [1.165, 1.54) is 12.1 Å². The quantitative estimate of drug-likeness (QED) is 0.657. The summed E-state index contributed by atoms with van der Waals surface area (Å²) in [7, 11) is 0. The van der Waals surface area contributed by atoms with E-state index < -0.39 is 5.82 Å². The fourth-order valence-corrected chi connectivity index (χ4v) is 0.925. The third-order valence-corrected chi connectivity index (χ3v) is 1.51. The average molecular weight is 168 g/mol. The third-order valence-electron chi connectivity index (χ3n) is 1.51. The van der Waals surface area contributed by atoms with Gasteiger partial charge < -0.3 is 11.1 Å². The van der Waals surface area contributed by atoms with Gasteiger partial charge in [0.15, 0.2) is 0 Å². The molecule has 64 valence electrons. The number of benzene rings is 1. The van der Waals surface area contributed by atoms with E-state index >= 15 is 0 Å². The lowest BCUT2D eigenvalue weighted by Gasteiger charge is -2.04. The van der Waals surface area contributed by atoms with Gasteiger partial charge in [-0.05, 0) is 17.7 Å². The number of nitrogens with one attached hydrogen (secondary N) is 1. The summed E-state index contributed by atoms with van der Waals surface area (Å²) in [4.78, 5) is 10.1. The van der Waals surface area contributed by atoms with Gasteiger partial charge in [-0.2, -0.15) is 0 Å². The first-order valence-electron chi connectivity index (χ1n) is 3.46. The number of carbonyl (C=O) groups excluding carboxylic acids is 1. The van der Waals surface area contributed by atoms with Crippen LogP contribution in [0.5, 0.6) is 0 Å². The van der Waals surface area contributed by atoms with E-state index in [-0.39, 0.29) is 6.54 Å². The minimum absolute atomic E-state index is 0.274. The van der Waals surface area contributed by atoms with Crippen molar-refractivity contribution in [3.05, 3.63) is 29.6 Å². The monoisotopic (exact) mass is 168 g/mol. The maximum Gasteiger partial charge on any atom is 0.211 e. The Morgan fingerprint density at radius 2 is 2.33 bits per heavy atom. The predicted molar refractivity (Wildman–Crippen MR) is 44.0 cm³/mol. The van der Waals surface area contributed by atoms with Gasteiger partial charge in [0.25, 0.3) is 0 Å². The second-order valence-corrected chi connectivity index (χ2v) is 2.27. The molecule has 0 unspecified atom stereocenters. The zero-order valence-corrected chi connectivity index (χ0v) is 6.38. The molecular weight excluding hydrogens is 159 g/mol. The molecule has 0 heterocycles. The summed E-state index contributed by atoms with van der Waals surface area (Å²) in [5.41, 5.74) is 6.49. The Labute approximate surface area is 69.4 Å². The molecule has 3 N–H and O–H groups in total. The molecule has 0 radical (unpaired) electrons. The summed E-state index contributed by atoms with van der Waals surface area (Å²) >= 11 is 0. The Hall–Kier alpha value is -1.42. The number of anilines is 1. The molecule has 3 nitrogen and oxygen atoms in total. The van der Waals surface area contributed by atoms with Crippen LogP contribution in [0, 0.1) is 5.82 Å². The Kier molecular flexibility index (Phi) is 2.76. The van der Waals surface area contributed by atoms with Crippen LogP contribution in [0.15, 0.2) is 18.2 Å². The highest BCUT2D eigenvalue weighted by Gasteiger charge is 2.00. The Bertz CT molecular complexity index is 288. The Morgan fingerprint density at radius 1 is 1.58 bits per heavy atom. The lowest BCUT2D eigenvalue weighted by Crippen LogP contribution is -2.03. The van der Waals surface area contributed by atoms with Gasteiger partial charge in [-0.15, -0.1) is 0 Å². The third kappa shape index (κ3) is 1.79. The van der Waals surface area contributed by atoms with E-state index in [4.69, 9.17) is 5.73 Å². The van der Waals surface area contributed by atoms with E-state index in [1.807, 2.05) is 0 Å². The van der Waals surface area contributed by atoms with Crippen molar-refractivity contribution in [2.75, 3.05) is 5.32 Å². The molecule has 0 saturated heterocycles. The van der Waals surface area contributed by atoms with E-state index in [9.17, 15) is 9.18 Å². The SMILES string of the molecule is NCc1ccc(F)cc1NC=O. The van der Waals surface area contributed by atoms with Gasteiger partial charge in [0.1, 0.15) is 5.82 Å². The predicted octanol–water partition coefficient (Wildman–Crippen LogP) is 0.853. The minimum Gasteiger partial charge on any atom is -0.328 e. The lowest BCUT2D eigenvalue weighted by atomic mass is 10.2. The second-order valence-electron chi connectivity index (χ2n) is 2.27. The molecule has 1 amide bonds. The molecule has 4 heteroatoms. The molecule has 0 aliphatic carbocycles. The normalized spacial score (nSPS) is 9.50. The van der Waals surface area contributed by atoms with Crippen LogP contribution in [-0.4, -0.2) is 6.41 Å².